The number of hydrogen-bond donors (Lipinski definition) is 1. The number of nitrogens with one attached hydrogen (secondary N) is 1. The Labute approximate surface area is 152 Å². The minimum absolute atomic E-state index is 0.122. The Morgan fingerprint density at radius 2 is 1.93 bits per heavy atom. The zero-order chi connectivity index (χ0) is 18.6. The van der Waals surface area contributed by atoms with Crippen molar-refractivity contribution in [2.24, 2.45) is 0 Å². The van der Waals surface area contributed by atoms with Crippen LogP contribution in [0.4, 0.5) is 0 Å². The molecule has 0 aliphatic carbocycles. The van der Waals surface area contributed by atoms with Gasteiger partial charge in [-0.1, -0.05) is 30.3 Å². The summed E-state index contributed by atoms with van der Waals surface area (Å²) in [6, 6.07) is 16.7. The fourth-order valence-electron chi connectivity index (χ4n) is 2.56. The largest absolute Gasteiger partial charge is 0.487 e. The Morgan fingerprint density at radius 1 is 1.07 bits per heavy atom. The summed E-state index contributed by atoms with van der Waals surface area (Å²) in [5, 5.41) is 0. The average Bonchev–Trinajstić information content (AvgIpc) is 3.27. The van der Waals surface area contributed by atoms with Crippen LogP contribution in [0.5, 0.6) is 5.75 Å². The summed E-state index contributed by atoms with van der Waals surface area (Å²) < 4.78 is 16.9. The van der Waals surface area contributed by atoms with Crippen molar-refractivity contribution in [1.82, 2.24) is 14.7 Å². The lowest BCUT2D eigenvalue weighted by Crippen LogP contribution is -2.17. The van der Waals surface area contributed by atoms with Gasteiger partial charge in [0.1, 0.15) is 24.3 Å². The molecule has 136 valence electrons. The van der Waals surface area contributed by atoms with Crippen molar-refractivity contribution in [2.75, 3.05) is 0 Å². The highest BCUT2D eigenvalue weighted by molar-refractivity contribution is 5.52. The quantitative estimate of drug-likeness (QED) is 0.563. The monoisotopic (exact) mass is 365 g/mol. The molecule has 1 N–H and O–H groups in total. The number of ether oxygens (including phenoxy) is 1. The van der Waals surface area contributed by atoms with E-state index in [1.807, 2.05) is 35.3 Å². The summed E-state index contributed by atoms with van der Waals surface area (Å²) in [5.41, 5.74) is 1.71. The molecule has 0 saturated carbocycles. The van der Waals surface area contributed by atoms with Crippen LogP contribution >= 0.6 is 0 Å². The number of nitrogens with zero attached hydrogens (tertiary/aromatic N) is 2. The van der Waals surface area contributed by atoms with Gasteiger partial charge in [0, 0.05) is 5.56 Å². The summed E-state index contributed by atoms with van der Waals surface area (Å²) in [4.78, 5) is 29.0. The van der Waals surface area contributed by atoms with E-state index < -0.39 is 11.4 Å². The van der Waals surface area contributed by atoms with Gasteiger partial charge >= 0.3 is 11.4 Å². The number of oxazole rings is 1. The van der Waals surface area contributed by atoms with Crippen LogP contribution in [-0.4, -0.2) is 14.7 Å². The van der Waals surface area contributed by atoms with E-state index in [0.717, 1.165) is 15.9 Å². The smallest absolute Gasteiger partial charge is 0.440 e. The topological polar surface area (TPSA) is 103 Å². The Morgan fingerprint density at radius 3 is 2.70 bits per heavy atom. The van der Waals surface area contributed by atoms with Gasteiger partial charge in [0.2, 0.25) is 5.89 Å². The van der Waals surface area contributed by atoms with Crippen molar-refractivity contribution >= 4 is 0 Å². The molecule has 0 saturated heterocycles. The van der Waals surface area contributed by atoms with Crippen LogP contribution in [-0.2, 0) is 13.2 Å². The van der Waals surface area contributed by atoms with Gasteiger partial charge < -0.3 is 13.7 Å². The summed E-state index contributed by atoms with van der Waals surface area (Å²) in [7, 11) is 0. The molecule has 4 aromatic rings. The van der Waals surface area contributed by atoms with E-state index in [-0.39, 0.29) is 13.2 Å². The van der Waals surface area contributed by atoms with Crippen LogP contribution in [0.1, 0.15) is 11.3 Å². The van der Waals surface area contributed by atoms with Gasteiger partial charge in [-0.15, -0.1) is 4.74 Å². The molecule has 2 aromatic carbocycles. The number of aromatic amines is 1. The summed E-state index contributed by atoms with van der Waals surface area (Å²) in [6.07, 6.45) is 1.56. The maximum atomic E-state index is 11.5. The number of hydrogen-bond acceptors (Lipinski definition) is 6. The van der Waals surface area contributed by atoms with Gasteiger partial charge in [-0.25, -0.2) is 19.6 Å². The van der Waals surface area contributed by atoms with Crippen molar-refractivity contribution < 1.29 is 13.7 Å². The molecule has 0 radical (unpaired) electrons. The molecule has 0 aliphatic rings. The van der Waals surface area contributed by atoms with Crippen molar-refractivity contribution in [3.8, 4) is 17.2 Å². The van der Waals surface area contributed by atoms with E-state index >= 15 is 0 Å². The van der Waals surface area contributed by atoms with Crippen LogP contribution in [0.25, 0.3) is 11.5 Å². The molecular weight excluding hydrogens is 350 g/mol. The Balaban J connectivity index is 1.43. The third kappa shape index (κ3) is 3.90. The number of H-pyrrole nitrogens is 1. The lowest BCUT2D eigenvalue weighted by Gasteiger charge is -2.06. The highest BCUT2D eigenvalue weighted by Crippen LogP contribution is 2.20. The van der Waals surface area contributed by atoms with Crippen molar-refractivity contribution in [1.29, 1.82) is 0 Å². The van der Waals surface area contributed by atoms with Gasteiger partial charge in [0.05, 0.1) is 6.54 Å². The second-order valence-corrected chi connectivity index (χ2v) is 5.79. The number of aromatic nitrogens is 3. The van der Waals surface area contributed by atoms with Gasteiger partial charge in [0.25, 0.3) is 0 Å². The van der Waals surface area contributed by atoms with Crippen molar-refractivity contribution in [3.63, 3.8) is 0 Å². The summed E-state index contributed by atoms with van der Waals surface area (Å²) in [5.74, 6) is 0.347. The second kappa shape index (κ2) is 7.20. The maximum absolute atomic E-state index is 11.5. The van der Waals surface area contributed by atoms with Crippen molar-refractivity contribution in [3.05, 3.63) is 93.2 Å². The number of rotatable bonds is 6. The summed E-state index contributed by atoms with van der Waals surface area (Å²) in [6.45, 7) is 0.357. The molecule has 27 heavy (non-hydrogen) atoms. The Hall–Kier alpha value is -3.81. The van der Waals surface area contributed by atoms with E-state index in [1.54, 1.807) is 30.5 Å². The fourth-order valence-corrected chi connectivity index (χ4v) is 2.56. The minimum Gasteiger partial charge on any atom is -0.487 e. The first-order chi connectivity index (χ1) is 13.2. The predicted octanol–water partition coefficient (Wildman–Crippen LogP) is 2.41. The molecule has 8 nitrogen and oxygen atoms in total. The molecule has 0 fully saturated rings. The Kier molecular flexibility index (Phi) is 4.44. The molecule has 2 heterocycles. The van der Waals surface area contributed by atoms with E-state index in [4.69, 9.17) is 13.7 Å². The molecule has 0 bridgehead atoms. The standard InChI is InChI=1S/C19H15N3O5/c23-18-21-19(24)27-22(18)10-13-5-4-8-16(9-13)25-11-15-12-26-17(20-15)14-6-2-1-3-7-14/h1-9,12H,10-11H2,(H,21,23,24). The van der Waals surface area contributed by atoms with Crippen LogP contribution in [0.3, 0.4) is 0 Å². The first-order valence-corrected chi connectivity index (χ1v) is 8.19. The molecule has 0 spiro atoms. The third-order valence-corrected chi connectivity index (χ3v) is 3.81. The van der Waals surface area contributed by atoms with Gasteiger partial charge in [-0.3, -0.25) is 0 Å². The van der Waals surface area contributed by atoms with Crippen molar-refractivity contribution in [2.45, 2.75) is 13.2 Å². The highest BCUT2D eigenvalue weighted by atomic mass is 16.5. The van der Waals surface area contributed by atoms with Gasteiger partial charge in [0.15, 0.2) is 0 Å². The molecule has 0 amide bonds. The lowest BCUT2D eigenvalue weighted by atomic mass is 10.2. The molecule has 0 atom stereocenters. The van der Waals surface area contributed by atoms with Gasteiger partial charge in [-0.2, -0.15) is 0 Å². The average molecular weight is 365 g/mol. The zero-order valence-electron chi connectivity index (χ0n) is 14.1. The number of benzene rings is 2. The zero-order valence-corrected chi connectivity index (χ0v) is 14.1. The van der Waals surface area contributed by atoms with Crippen LogP contribution in [0.2, 0.25) is 0 Å². The van der Waals surface area contributed by atoms with E-state index in [9.17, 15) is 9.59 Å². The normalized spacial score (nSPS) is 10.8. The van der Waals surface area contributed by atoms with E-state index in [0.29, 0.717) is 17.3 Å². The summed E-state index contributed by atoms with van der Waals surface area (Å²) >= 11 is 0. The first-order valence-electron chi connectivity index (χ1n) is 8.19. The van der Waals surface area contributed by atoms with E-state index in [1.165, 1.54) is 0 Å². The minimum atomic E-state index is -0.785. The van der Waals surface area contributed by atoms with Crippen LogP contribution in [0.15, 0.2) is 79.4 Å². The Bertz CT molecular complexity index is 1150. The predicted molar refractivity (Wildman–Crippen MR) is 95.4 cm³/mol. The SMILES string of the molecule is O=c1[nH]c(=O)n(Cc2cccc(OCc3coc(-c4ccccc4)n3)c2)o1. The van der Waals surface area contributed by atoms with E-state index in [2.05, 4.69) is 4.98 Å². The molecule has 0 unspecified atom stereocenters. The first kappa shape index (κ1) is 16.6. The second-order valence-electron chi connectivity index (χ2n) is 5.79. The maximum Gasteiger partial charge on any atom is 0.440 e. The molecule has 0 aliphatic heterocycles. The fraction of sp³-hybridized carbons (Fsp3) is 0.105. The molecule has 2 aromatic heterocycles. The van der Waals surface area contributed by atoms with Crippen LogP contribution < -0.4 is 16.2 Å². The molecular formula is C19H15N3O5. The molecule has 4 rings (SSSR count). The third-order valence-electron chi connectivity index (χ3n) is 3.81. The highest BCUT2D eigenvalue weighted by Gasteiger charge is 2.08. The lowest BCUT2D eigenvalue weighted by molar-refractivity contribution is 0.257. The van der Waals surface area contributed by atoms with Crippen LogP contribution in [0, 0.1) is 0 Å². The van der Waals surface area contributed by atoms with Gasteiger partial charge in [-0.05, 0) is 29.8 Å². The molecule has 8 heteroatoms.